The van der Waals surface area contributed by atoms with Crippen molar-refractivity contribution in [1.29, 1.82) is 0 Å². The first-order valence-corrected chi connectivity index (χ1v) is 5.78. The van der Waals surface area contributed by atoms with Crippen LogP contribution in [0.5, 0.6) is 0 Å². The molecule has 1 aromatic heterocycles. The van der Waals surface area contributed by atoms with Gasteiger partial charge in [0.05, 0.1) is 0 Å². The molecule has 0 spiro atoms. The number of aromatic nitrogens is 1. The zero-order valence-corrected chi connectivity index (χ0v) is 8.81. The Labute approximate surface area is 87.3 Å². The quantitative estimate of drug-likeness (QED) is 0.703. The van der Waals surface area contributed by atoms with E-state index in [4.69, 9.17) is 11.6 Å². The van der Waals surface area contributed by atoms with Gasteiger partial charge < -0.3 is 0 Å². The Kier molecular flexibility index (Phi) is 3.09. The van der Waals surface area contributed by atoms with Crippen LogP contribution in [0.2, 0.25) is 5.15 Å². The third kappa shape index (κ3) is 2.59. The molecule has 70 valence electrons. The van der Waals surface area contributed by atoms with Crippen molar-refractivity contribution in [2.75, 3.05) is 18.2 Å². The average Bonchev–Trinajstić information content (AvgIpc) is 2.62. The number of rotatable bonds is 2. The zero-order valence-electron chi connectivity index (χ0n) is 7.24. The van der Waals surface area contributed by atoms with Crippen LogP contribution in [-0.2, 0) is 6.54 Å². The summed E-state index contributed by atoms with van der Waals surface area (Å²) in [6, 6.07) is 3.89. The fraction of sp³-hybridized carbons (Fsp3) is 0.444. The van der Waals surface area contributed by atoms with Gasteiger partial charge in [0, 0.05) is 30.9 Å². The lowest BCUT2D eigenvalue weighted by molar-refractivity contribution is 0.348. The van der Waals surface area contributed by atoms with Gasteiger partial charge in [-0.1, -0.05) is 17.7 Å². The molecule has 1 aliphatic heterocycles. The molecular formula is C9H11ClN2S. The minimum Gasteiger partial charge on any atom is -0.289 e. The standard InChI is InChI=1S/C9H11ClN2S/c10-9-2-1-8(5-11-9)6-12-3-4-13-7-12/h1-2,5H,3-4,6-7H2. The van der Waals surface area contributed by atoms with Gasteiger partial charge in [-0.2, -0.15) is 0 Å². The first-order valence-electron chi connectivity index (χ1n) is 4.25. The summed E-state index contributed by atoms with van der Waals surface area (Å²) in [7, 11) is 0. The molecule has 0 aliphatic carbocycles. The average molecular weight is 215 g/mol. The SMILES string of the molecule is Clc1ccc(CN2CCSC2)cn1. The number of nitrogens with zero attached hydrogens (tertiary/aromatic N) is 2. The van der Waals surface area contributed by atoms with Gasteiger partial charge in [-0.25, -0.2) is 4.98 Å². The number of hydrogen-bond acceptors (Lipinski definition) is 3. The molecule has 0 aromatic carbocycles. The summed E-state index contributed by atoms with van der Waals surface area (Å²) in [6.07, 6.45) is 1.85. The first kappa shape index (κ1) is 9.31. The van der Waals surface area contributed by atoms with Crippen molar-refractivity contribution in [3.63, 3.8) is 0 Å². The smallest absolute Gasteiger partial charge is 0.129 e. The van der Waals surface area contributed by atoms with E-state index < -0.39 is 0 Å². The van der Waals surface area contributed by atoms with Gasteiger partial charge in [-0.15, -0.1) is 11.8 Å². The predicted molar refractivity (Wildman–Crippen MR) is 57.0 cm³/mol. The molecular weight excluding hydrogens is 204 g/mol. The van der Waals surface area contributed by atoms with Gasteiger partial charge in [0.15, 0.2) is 0 Å². The molecule has 4 heteroatoms. The Hall–Kier alpha value is -0.250. The Morgan fingerprint density at radius 1 is 1.54 bits per heavy atom. The molecule has 2 heterocycles. The fourth-order valence-corrected chi connectivity index (χ4v) is 2.44. The molecule has 0 unspecified atom stereocenters. The van der Waals surface area contributed by atoms with Crippen molar-refractivity contribution < 1.29 is 0 Å². The van der Waals surface area contributed by atoms with Crippen LogP contribution in [0.15, 0.2) is 18.3 Å². The van der Waals surface area contributed by atoms with Crippen molar-refractivity contribution >= 4 is 23.4 Å². The Morgan fingerprint density at radius 3 is 3.08 bits per heavy atom. The Morgan fingerprint density at radius 2 is 2.46 bits per heavy atom. The summed E-state index contributed by atoms with van der Waals surface area (Å²) in [4.78, 5) is 6.47. The fourth-order valence-electron chi connectivity index (χ4n) is 1.33. The summed E-state index contributed by atoms with van der Waals surface area (Å²) in [5.74, 6) is 2.39. The van der Waals surface area contributed by atoms with Gasteiger partial charge in [-0.3, -0.25) is 4.90 Å². The van der Waals surface area contributed by atoms with E-state index in [1.807, 2.05) is 30.1 Å². The third-order valence-corrected chi connectivity index (χ3v) is 3.26. The molecule has 1 aliphatic rings. The normalized spacial score (nSPS) is 17.9. The van der Waals surface area contributed by atoms with Crippen LogP contribution in [0.3, 0.4) is 0 Å². The largest absolute Gasteiger partial charge is 0.289 e. The summed E-state index contributed by atoms with van der Waals surface area (Å²) < 4.78 is 0. The molecule has 1 aromatic rings. The summed E-state index contributed by atoms with van der Waals surface area (Å²) in [6.45, 7) is 2.18. The minimum atomic E-state index is 0.569. The maximum absolute atomic E-state index is 5.70. The highest BCUT2D eigenvalue weighted by molar-refractivity contribution is 7.99. The lowest BCUT2D eigenvalue weighted by Gasteiger charge is -2.12. The van der Waals surface area contributed by atoms with E-state index in [0.717, 1.165) is 12.4 Å². The van der Waals surface area contributed by atoms with Crippen LogP contribution in [-0.4, -0.2) is 28.1 Å². The zero-order chi connectivity index (χ0) is 9.10. The van der Waals surface area contributed by atoms with E-state index in [-0.39, 0.29) is 0 Å². The highest BCUT2D eigenvalue weighted by atomic mass is 35.5. The van der Waals surface area contributed by atoms with Crippen LogP contribution in [0.25, 0.3) is 0 Å². The van der Waals surface area contributed by atoms with E-state index in [1.54, 1.807) is 0 Å². The lowest BCUT2D eigenvalue weighted by Crippen LogP contribution is -2.18. The maximum atomic E-state index is 5.70. The monoisotopic (exact) mass is 214 g/mol. The van der Waals surface area contributed by atoms with Crippen LogP contribution >= 0.6 is 23.4 Å². The molecule has 0 amide bonds. The lowest BCUT2D eigenvalue weighted by atomic mass is 10.3. The van der Waals surface area contributed by atoms with Crippen molar-refractivity contribution in [3.8, 4) is 0 Å². The summed E-state index contributed by atoms with van der Waals surface area (Å²) >= 11 is 7.68. The molecule has 2 nitrogen and oxygen atoms in total. The Balaban J connectivity index is 1.97. The first-order chi connectivity index (χ1) is 6.34. The van der Waals surface area contributed by atoms with Gasteiger partial charge >= 0.3 is 0 Å². The van der Waals surface area contributed by atoms with Crippen LogP contribution in [0, 0.1) is 0 Å². The van der Waals surface area contributed by atoms with Gasteiger partial charge in [0.2, 0.25) is 0 Å². The van der Waals surface area contributed by atoms with Crippen LogP contribution in [0.4, 0.5) is 0 Å². The highest BCUT2D eigenvalue weighted by Crippen LogP contribution is 2.16. The molecule has 0 atom stereocenters. The van der Waals surface area contributed by atoms with Gasteiger partial charge in [0.1, 0.15) is 5.15 Å². The molecule has 0 saturated carbocycles. The van der Waals surface area contributed by atoms with E-state index in [1.165, 1.54) is 17.9 Å². The second-order valence-electron chi connectivity index (χ2n) is 3.08. The predicted octanol–water partition coefficient (Wildman–Crippen LogP) is 2.24. The second kappa shape index (κ2) is 4.31. The highest BCUT2D eigenvalue weighted by Gasteiger charge is 2.11. The summed E-state index contributed by atoms with van der Waals surface area (Å²) in [5.41, 5.74) is 1.24. The molecule has 1 fully saturated rings. The van der Waals surface area contributed by atoms with Gasteiger partial charge in [-0.05, 0) is 11.6 Å². The molecule has 13 heavy (non-hydrogen) atoms. The second-order valence-corrected chi connectivity index (χ2v) is 4.54. The van der Waals surface area contributed by atoms with E-state index in [9.17, 15) is 0 Å². The number of hydrogen-bond donors (Lipinski definition) is 0. The third-order valence-electron chi connectivity index (χ3n) is 2.02. The number of halogens is 1. The van der Waals surface area contributed by atoms with E-state index in [2.05, 4.69) is 9.88 Å². The van der Waals surface area contributed by atoms with Crippen molar-refractivity contribution in [2.45, 2.75) is 6.54 Å². The van der Waals surface area contributed by atoms with Crippen molar-refractivity contribution in [3.05, 3.63) is 29.0 Å². The van der Waals surface area contributed by atoms with E-state index in [0.29, 0.717) is 5.15 Å². The van der Waals surface area contributed by atoms with Gasteiger partial charge in [0.25, 0.3) is 0 Å². The molecule has 1 saturated heterocycles. The minimum absolute atomic E-state index is 0.569. The molecule has 0 N–H and O–H groups in total. The molecule has 2 rings (SSSR count). The topological polar surface area (TPSA) is 16.1 Å². The molecule has 0 radical (unpaired) electrons. The van der Waals surface area contributed by atoms with Crippen LogP contribution in [0.1, 0.15) is 5.56 Å². The molecule has 0 bridgehead atoms. The Bertz CT molecular complexity index is 269. The van der Waals surface area contributed by atoms with Crippen molar-refractivity contribution in [2.24, 2.45) is 0 Å². The van der Waals surface area contributed by atoms with Crippen molar-refractivity contribution in [1.82, 2.24) is 9.88 Å². The summed E-state index contributed by atoms with van der Waals surface area (Å²) in [5, 5.41) is 0.569. The van der Waals surface area contributed by atoms with E-state index >= 15 is 0 Å². The van der Waals surface area contributed by atoms with Crippen LogP contribution < -0.4 is 0 Å². The number of thioether (sulfide) groups is 1. The number of pyridine rings is 1. The maximum Gasteiger partial charge on any atom is 0.129 e.